The predicted octanol–water partition coefficient (Wildman–Crippen LogP) is 1.56. The first-order valence-corrected chi connectivity index (χ1v) is 4.76. The van der Waals surface area contributed by atoms with Gasteiger partial charge < -0.3 is 20.4 Å². The van der Waals surface area contributed by atoms with E-state index in [1.54, 1.807) is 0 Å². The first-order chi connectivity index (χ1) is 6.81. The van der Waals surface area contributed by atoms with Crippen LogP contribution in [0.2, 0.25) is 0 Å². The number of benzene rings is 1. The highest BCUT2D eigenvalue weighted by Gasteiger charge is 2.02. The van der Waals surface area contributed by atoms with Crippen molar-refractivity contribution in [3.8, 4) is 5.75 Å². The Bertz CT molecular complexity index is 488. The van der Waals surface area contributed by atoms with Gasteiger partial charge in [-0.15, -0.1) is 0 Å². The van der Waals surface area contributed by atoms with Crippen LogP contribution >= 0.6 is 12.2 Å². The van der Waals surface area contributed by atoms with Gasteiger partial charge in [0, 0.05) is 6.54 Å². The summed E-state index contributed by atoms with van der Waals surface area (Å²) in [7, 11) is 0. The van der Waals surface area contributed by atoms with Crippen molar-refractivity contribution in [2.75, 3.05) is 13.2 Å². The lowest BCUT2D eigenvalue weighted by Gasteiger charge is -2.04. The number of nitrogens with one attached hydrogen (secondary N) is 2. The summed E-state index contributed by atoms with van der Waals surface area (Å²) in [5.74, 6) is 0.778. The van der Waals surface area contributed by atoms with E-state index in [1.807, 2.05) is 18.2 Å². The lowest BCUT2D eigenvalue weighted by Crippen LogP contribution is -2.10. The zero-order chi connectivity index (χ0) is 9.97. The Morgan fingerprint density at radius 2 is 2.21 bits per heavy atom. The Hall–Kier alpha value is -1.33. The molecule has 2 rings (SSSR count). The monoisotopic (exact) mass is 209 g/mol. The fourth-order valence-corrected chi connectivity index (χ4v) is 1.53. The molecule has 0 saturated heterocycles. The molecule has 5 heteroatoms. The van der Waals surface area contributed by atoms with E-state index in [9.17, 15) is 0 Å². The molecule has 0 bridgehead atoms. The maximum atomic E-state index is 5.46. The molecule has 1 aromatic carbocycles. The molecule has 74 valence electrons. The SMILES string of the molecule is NCCOc1cccc2[nH]c(=S)[nH]c12. The molecule has 1 heterocycles. The van der Waals surface area contributed by atoms with Crippen LogP contribution in [0.3, 0.4) is 0 Å². The lowest BCUT2D eigenvalue weighted by atomic mass is 10.3. The van der Waals surface area contributed by atoms with Crippen LogP contribution in [-0.4, -0.2) is 23.1 Å². The number of imidazole rings is 1. The van der Waals surface area contributed by atoms with Crippen LogP contribution in [0.5, 0.6) is 5.75 Å². The number of H-pyrrole nitrogens is 2. The average molecular weight is 209 g/mol. The molecule has 14 heavy (non-hydrogen) atoms. The van der Waals surface area contributed by atoms with E-state index in [2.05, 4.69) is 9.97 Å². The smallest absolute Gasteiger partial charge is 0.175 e. The predicted molar refractivity (Wildman–Crippen MR) is 58.0 cm³/mol. The molecule has 0 amide bonds. The van der Waals surface area contributed by atoms with Gasteiger partial charge in [-0.3, -0.25) is 0 Å². The van der Waals surface area contributed by atoms with Crippen LogP contribution in [0.4, 0.5) is 0 Å². The Morgan fingerprint density at radius 1 is 1.36 bits per heavy atom. The summed E-state index contributed by atoms with van der Waals surface area (Å²) < 4.78 is 6.06. The highest BCUT2D eigenvalue weighted by Crippen LogP contribution is 2.22. The van der Waals surface area contributed by atoms with E-state index in [4.69, 9.17) is 22.7 Å². The first kappa shape index (κ1) is 9.23. The zero-order valence-corrected chi connectivity index (χ0v) is 8.36. The Balaban J connectivity index is 2.47. The van der Waals surface area contributed by atoms with Gasteiger partial charge in [-0.05, 0) is 24.4 Å². The summed E-state index contributed by atoms with van der Waals surface area (Å²) in [6, 6.07) is 5.74. The van der Waals surface area contributed by atoms with Gasteiger partial charge >= 0.3 is 0 Å². The summed E-state index contributed by atoms with van der Waals surface area (Å²) in [4.78, 5) is 6.05. The third-order valence-electron chi connectivity index (χ3n) is 1.89. The topological polar surface area (TPSA) is 66.8 Å². The third-order valence-corrected chi connectivity index (χ3v) is 2.09. The number of fused-ring (bicyclic) bond motifs is 1. The number of aromatic amines is 2. The van der Waals surface area contributed by atoms with Gasteiger partial charge in [0.25, 0.3) is 0 Å². The number of ether oxygens (including phenoxy) is 1. The number of nitrogens with two attached hydrogens (primary N) is 1. The minimum Gasteiger partial charge on any atom is -0.490 e. The van der Waals surface area contributed by atoms with Crippen molar-refractivity contribution in [3.05, 3.63) is 23.0 Å². The molecule has 0 spiro atoms. The van der Waals surface area contributed by atoms with Crippen LogP contribution < -0.4 is 10.5 Å². The van der Waals surface area contributed by atoms with Gasteiger partial charge in [0.05, 0.1) is 5.52 Å². The minimum absolute atomic E-state index is 0.502. The zero-order valence-electron chi connectivity index (χ0n) is 7.54. The number of aromatic nitrogens is 2. The normalized spacial score (nSPS) is 10.6. The van der Waals surface area contributed by atoms with E-state index < -0.39 is 0 Å². The molecule has 0 radical (unpaired) electrons. The number of hydrogen-bond acceptors (Lipinski definition) is 3. The van der Waals surface area contributed by atoms with Crippen molar-refractivity contribution < 1.29 is 4.74 Å². The number of rotatable bonds is 3. The van der Waals surface area contributed by atoms with E-state index in [-0.39, 0.29) is 0 Å². The number of hydrogen-bond donors (Lipinski definition) is 3. The molecule has 2 aromatic rings. The van der Waals surface area contributed by atoms with E-state index in [0.717, 1.165) is 16.8 Å². The maximum Gasteiger partial charge on any atom is 0.175 e. The molecule has 0 saturated carbocycles. The molecule has 0 unspecified atom stereocenters. The fraction of sp³-hybridized carbons (Fsp3) is 0.222. The molecule has 0 atom stereocenters. The minimum atomic E-state index is 0.502. The van der Waals surface area contributed by atoms with Gasteiger partial charge in [-0.2, -0.15) is 0 Å². The van der Waals surface area contributed by atoms with Crippen molar-refractivity contribution in [3.63, 3.8) is 0 Å². The highest BCUT2D eigenvalue weighted by molar-refractivity contribution is 7.71. The lowest BCUT2D eigenvalue weighted by molar-refractivity contribution is 0.331. The second kappa shape index (κ2) is 3.81. The van der Waals surface area contributed by atoms with E-state index >= 15 is 0 Å². The molecule has 1 aromatic heterocycles. The summed E-state index contributed by atoms with van der Waals surface area (Å²) in [5.41, 5.74) is 7.21. The molecule has 4 N–H and O–H groups in total. The molecule has 0 aliphatic carbocycles. The average Bonchev–Trinajstić information content (AvgIpc) is 2.55. The Morgan fingerprint density at radius 3 is 3.00 bits per heavy atom. The molecular formula is C9H11N3OS. The summed E-state index contributed by atoms with van der Waals surface area (Å²) in [6.45, 7) is 1.01. The van der Waals surface area contributed by atoms with Crippen molar-refractivity contribution >= 4 is 23.3 Å². The second-order valence-corrected chi connectivity index (χ2v) is 3.30. The molecule has 0 aliphatic heterocycles. The Labute approximate surface area is 86.1 Å². The van der Waals surface area contributed by atoms with Crippen molar-refractivity contribution in [1.29, 1.82) is 0 Å². The van der Waals surface area contributed by atoms with E-state index in [1.165, 1.54) is 0 Å². The van der Waals surface area contributed by atoms with Crippen LogP contribution in [0.15, 0.2) is 18.2 Å². The van der Waals surface area contributed by atoms with Gasteiger partial charge in [0.15, 0.2) is 4.77 Å². The Kier molecular flexibility index (Phi) is 2.51. The number of para-hydroxylation sites is 1. The standard InChI is InChI=1S/C9H11N3OS/c10-4-5-13-7-3-1-2-6-8(7)12-9(14)11-6/h1-3H,4-5,10H2,(H2,11,12,14). The summed E-state index contributed by atoms with van der Waals surface area (Å²) >= 11 is 4.99. The van der Waals surface area contributed by atoms with Crippen molar-refractivity contribution in [1.82, 2.24) is 9.97 Å². The van der Waals surface area contributed by atoms with Crippen molar-refractivity contribution in [2.24, 2.45) is 5.73 Å². The quantitative estimate of drug-likeness (QED) is 0.672. The van der Waals surface area contributed by atoms with E-state index in [0.29, 0.717) is 17.9 Å². The van der Waals surface area contributed by atoms with Crippen molar-refractivity contribution in [2.45, 2.75) is 0 Å². The molecule has 4 nitrogen and oxygen atoms in total. The summed E-state index contributed by atoms with van der Waals surface area (Å²) in [5, 5.41) is 0. The highest BCUT2D eigenvalue weighted by atomic mass is 32.1. The van der Waals surface area contributed by atoms with Gasteiger partial charge in [-0.25, -0.2) is 0 Å². The summed E-state index contributed by atoms with van der Waals surface area (Å²) in [6.07, 6.45) is 0. The first-order valence-electron chi connectivity index (χ1n) is 4.35. The largest absolute Gasteiger partial charge is 0.490 e. The maximum absolute atomic E-state index is 5.46. The van der Waals surface area contributed by atoms with Gasteiger partial charge in [0.1, 0.15) is 17.9 Å². The van der Waals surface area contributed by atoms with Gasteiger partial charge in [-0.1, -0.05) is 6.07 Å². The molecular weight excluding hydrogens is 198 g/mol. The fourth-order valence-electron chi connectivity index (χ4n) is 1.32. The molecule has 0 fully saturated rings. The third kappa shape index (κ3) is 1.64. The molecule has 0 aliphatic rings. The second-order valence-electron chi connectivity index (χ2n) is 2.89. The van der Waals surface area contributed by atoms with Crippen LogP contribution in [-0.2, 0) is 0 Å². The van der Waals surface area contributed by atoms with Crippen LogP contribution in [0.1, 0.15) is 0 Å². The van der Waals surface area contributed by atoms with Gasteiger partial charge in [0.2, 0.25) is 0 Å². The van der Waals surface area contributed by atoms with Crippen LogP contribution in [0, 0.1) is 4.77 Å². The van der Waals surface area contributed by atoms with Crippen LogP contribution in [0.25, 0.3) is 11.0 Å².